The molecule has 5 nitrogen and oxygen atoms in total. The second-order valence-corrected chi connectivity index (χ2v) is 6.86. The van der Waals surface area contributed by atoms with Gasteiger partial charge in [-0.1, -0.05) is 24.3 Å². The zero-order chi connectivity index (χ0) is 19.4. The smallest absolute Gasteiger partial charge is 0.244 e. The minimum atomic E-state index is -0.441. The highest BCUT2D eigenvalue weighted by Crippen LogP contribution is 2.25. The Labute approximate surface area is 159 Å². The summed E-state index contributed by atoms with van der Waals surface area (Å²) in [7, 11) is 3.71. The van der Waals surface area contributed by atoms with Crippen molar-refractivity contribution in [2.75, 3.05) is 45.2 Å². The molecule has 1 amide bonds. The molecule has 2 aromatic carbocycles. The fourth-order valence-corrected chi connectivity index (χ4v) is 3.49. The molecular weight excluding hydrogens is 343 g/mol. The Bertz CT molecular complexity index is 836. The molecule has 140 valence electrons. The fourth-order valence-electron chi connectivity index (χ4n) is 3.49. The molecular formula is C21H23FN4O. The Morgan fingerprint density at radius 2 is 1.70 bits per heavy atom. The molecule has 1 atom stereocenters. The molecule has 0 unspecified atom stereocenters. The fraction of sp³-hybridized carbons (Fsp3) is 0.333. The number of amides is 1. The van der Waals surface area contributed by atoms with E-state index >= 15 is 0 Å². The predicted molar refractivity (Wildman–Crippen MR) is 103 cm³/mol. The lowest BCUT2D eigenvalue weighted by Crippen LogP contribution is -2.51. The Hall–Kier alpha value is -2.91. The van der Waals surface area contributed by atoms with E-state index in [9.17, 15) is 14.4 Å². The molecule has 0 bridgehead atoms. The molecule has 0 N–H and O–H groups in total. The number of rotatable bonds is 4. The van der Waals surface area contributed by atoms with Gasteiger partial charge in [-0.15, -0.1) is 0 Å². The summed E-state index contributed by atoms with van der Waals surface area (Å²) < 4.78 is 13.2. The summed E-state index contributed by atoms with van der Waals surface area (Å²) in [4.78, 5) is 19.0. The van der Waals surface area contributed by atoms with Crippen LogP contribution in [-0.2, 0) is 4.79 Å². The lowest BCUT2D eigenvalue weighted by atomic mass is 10.0. The number of carbonyl (C=O) groups excluding carboxylic acids is 1. The number of carbonyl (C=O) groups is 1. The quantitative estimate of drug-likeness (QED) is 0.835. The summed E-state index contributed by atoms with van der Waals surface area (Å²) in [6, 6.07) is 15.4. The molecule has 1 heterocycles. The predicted octanol–water partition coefficient (Wildman–Crippen LogP) is 2.65. The second kappa shape index (κ2) is 8.19. The maximum absolute atomic E-state index is 13.2. The topological polar surface area (TPSA) is 50.6 Å². The first-order valence-corrected chi connectivity index (χ1v) is 8.96. The first kappa shape index (κ1) is 18.9. The molecule has 1 aliphatic heterocycles. The van der Waals surface area contributed by atoms with Crippen LogP contribution in [0.2, 0.25) is 0 Å². The van der Waals surface area contributed by atoms with Crippen molar-refractivity contribution in [1.82, 2.24) is 9.80 Å². The lowest BCUT2D eigenvalue weighted by molar-refractivity contribution is -0.136. The maximum Gasteiger partial charge on any atom is 0.244 e. The molecule has 0 radical (unpaired) electrons. The van der Waals surface area contributed by atoms with Gasteiger partial charge >= 0.3 is 0 Å². The van der Waals surface area contributed by atoms with Crippen molar-refractivity contribution >= 4 is 11.6 Å². The summed E-state index contributed by atoms with van der Waals surface area (Å²) in [5, 5.41) is 9.30. The van der Waals surface area contributed by atoms with Crippen LogP contribution in [0.25, 0.3) is 0 Å². The average Bonchev–Trinajstić information content (AvgIpc) is 2.69. The molecule has 0 spiro atoms. The third-order valence-electron chi connectivity index (χ3n) is 4.89. The highest BCUT2D eigenvalue weighted by atomic mass is 19.1. The molecule has 6 heteroatoms. The van der Waals surface area contributed by atoms with Crippen LogP contribution in [0.4, 0.5) is 10.1 Å². The van der Waals surface area contributed by atoms with E-state index in [1.807, 2.05) is 48.2 Å². The van der Waals surface area contributed by atoms with Crippen molar-refractivity contribution in [3.05, 3.63) is 65.5 Å². The molecule has 27 heavy (non-hydrogen) atoms. The molecule has 0 saturated carbocycles. The van der Waals surface area contributed by atoms with Gasteiger partial charge in [-0.3, -0.25) is 9.69 Å². The van der Waals surface area contributed by atoms with Crippen molar-refractivity contribution < 1.29 is 9.18 Å². The maximum atomic E-state index is 13.2. The zero-order valence-corrected chi connectivity index (χ0v) is 15.6. The summed E-state index contributed by atoms with van der Waals surface area (Å²) in [6.45, 7) is 2.52. The van der Waals surface area contributed by atoms with Crippen LogP contribution in [0.3, 0.4) is 0 Å². The summed E-state index contributed by atoms with van der Waals surface area (Å²) in [5.41, 5.74) is 2.34. The van der Waals surface area contributed by atoms with Crippen LogP contribution in [-0.4, -0.2) is 56.0 Å². The van der Waals surface area contributed by atoms with Gasteiger partial charge in [0.2, 0.25) is 5.91 Å². The van der Waals surface area contributed by atoms with E-state index < -0.39 is 6.04 Å². The summed E-state index contributed by atoms with van der Waals surface area (Å²) in [5.74, 6) is -0.298. The number of nitriles is 1. The molecule has 1 fully saturated rings. The van der Waals surface area contributed by atoms with Gasteiger partial charge in [-0.25, -0.2) is 4.39 Å². The van der Waals surface area contributed by atoms with Gasteiger partial charge in [-0.2, -0.15) is 5.26 Å². The van der Waals surface area contributed by atoms with Gasteiger partial charge in [0.25, 0.3) is 0 Å². The van der Waals surface area contributed by atoms with E-state index in [0.717, 1.165) is 11.3 Å². The molecule has 0 aliphatic carbocycles. The number of hydrogen-bond donors (Lipinski definition) is 0. The zero-order valence-electron chi connectivity index (χ0n) is 15.6. The lowest BCUT2D eigenvalue weighted by Gasteiger charge is -2.39. The van der Waals surface area contributed by atoms with Crippen LogP contribution >= 0.6 is 0 Å². The van der Waals surface area contributed by atoms with Crippen LogP contribution in [0.15, 0.2) is 48.5 Å². The Morgan fingerprint density at radius 1 is 1.07 bits per heavy atom. The standard InChI is InChI=1S/C21H23FN4O/c1-24(2)20(16-7-9-18(22)10-8-16)21(27)26-13-11-25(12-14-26)19-6-4-3-5-17(19)15-23/h3-10,20H,11-14H2,1-2H3/t20-/m1/s1. The van der Waals surface area contributed by atoms with Crippen molar-refractivity contribution in [1.29, 1.82) is 5.26 Å². The molecule has 1 saturated heterocycles. The number of hydrogen-bond acceptors (Lipinski definition) is 4. The van der Waals surface area contributed by atoms with E-state index in [0.29, 0.717) is 31.7 Å². The van der Waals surface area contributed by atoms with E-state index in [4.69, 9.17) is 0 Å². The molecule has 0 aromatic heterocycles. The monoisotopic (exact) mass is 366 g/mol. The van der Waals surface area contributed by atoms with Crippen LogP contribution in [0.1, 0.15) is 17.2 Å². The van der Waals surface area contributed by atoms with Crippen molar-refractivity contribution in [2.45, 2.75) is 6.04 Å². The highest BCUT2D eigenvalue weighted by Gasteiger charge is 2.30. The summed E-state index contributed by atoms with van der Waals surface area (Å²) >= 11 is 0. The average molecular weight is 366 g/mol. The first-order valence-electron chi connectivity index (χ1n) is 8.96. The Morgan fingerprint density at radius 3 is 2.30 bits per heavy atom. The highest BCUT2D eigenvalue weighted by molar-refractivity contribution is 5.83. The van der Waals surface area contributed by atoms with Gasteiger partial charge in [0, 0.05) is 26.2 Å². The number of piperazine rings is 1. The molecule has 2 aromatic rings. The number of nitrogens with zero attached hydrogens (tertiary/aromatic N) is 4. The minimum absolute atomic E-state index is 0.0137. The van der Waals surface area contributed by atoms with E-state index in [-0.39, 0.29) is 11.7 Å². The number of anilines is 1. The minimum Gasteiger partial charge on any atom is -0.367 e. The summed E-state index contributed by atoms with van der Waals surface area (Å²) in [6.07, 6.45) is 0. The largest absolute Gasteiger partial charge is 0.367 e. The first-order chi connectivity index (χ1) is 13.0. The Balaban J connectivity index is 1.71. The van der Waals surface area contributed by atoms with E-state index in [2.05, 4.69) is 11.0 Å². The normalized spacial score (nSPS) is 15.5. The number of likely N-dealkylation sites (N-methyl/N-ethyl adjacent to an activating group) is 1. The molecule has 1 aliphatic rings. The van der Waals surface area contributed by atoms with Gasteiger partial charge in [-0.05, 0) is 43.9 Å². The van der Waals surface area contributed by atoms with Crippen LogP contribution < -0.4 is 4.90 Å². The third-order valence-corrected chi connectivity index (χ3v) is 4.89. The van der Waals surface area contributed by atoms with E-state index in [1.54, 1.807) is 12.1 Å². The number of halogens is 1. The number of benzene rings is 2. The second-order valence-electron chi connectivity index (χ2n) is 6.86. The van der Waals surface area contributed by atoms with Crippen LogP contribution in [0, 0.1) is 17.1 Å². The van der Waals surface area contributed by atoms with Crippen molar-refractivity contribution in [2.24, 2.45) is 0 Å². The van der Waals surface area contributed by atoms with E-state index in [1.165, 1.54) is 12.1 Å². The van der Waals surface area contributed by atoms with Gasteiger partial charge in [0.15, 0.2) is 0 Å². The van der Waals surface area contributed by atoms with Crippen LogP contribution in [0.5, 0.6) is 0 Å². The number of para-hydroxylation sites is 1. The van der Waals surface area contributed by atoms with Gasteiger partial charge in [0.05, 0.1) is 11.3 Å². The molecule has 3 rings (SSSR count). The SMILES string of the molecule is CN(C)[C@@H](C(=O)N1CCN(c2ccccc2C#N)CC1)c1ccc(F)cc1. The Kier molecular flexibility index (Phi) is 5.72. The van der Waals surface area contributed by atoms with Gasteiger partial charge in [0.1, 0.15) is 17.9 Å². The third kappa shape index (κ3) is 4.09. The van der Waals surface area contributed by atoms with Gasteiger partial charge < -0.3 is 9.80 Å². The van der Waals surface area contributed by atoms with Crippen molar-refractivity contribution in [3.63, 3.8) is 0 Å². The van der Waals surface area contributed by atoms with Crippen molar-refractivity contribution in [3.8, 4) is 6.07 Å².